The number of piperazine rings is 1. The van der Waals surface area contributed by atoms with E-state index in [0.717, 1.165) is 55.0 Å². The van der Waals surface area contributed by atoms with Crippen molar-refractivity contribution in [3.63, 3.8) is 0 Å². The van der Waals surface area contributed by atoms with Crippen LogP contribution in [0.4, 0.5) is 5.82 Å². The molecule has 0 unspecified atom stereocenters. The van der Waals surface area contributed by atoms with Gasteiger partial charge < -0.3 is 10.0 Å². The van der Waals surface area contributed by atoms with Crippen molar-refractivity contribution >= 4 is 17.4 Å². The summed E-state index contributed by atoms with van der Waals surface area (Å²) in [7, 11) is 0. The number of β-amino-alcohol motifs (C(OH)–C–C–N with tert-alkyl or cyclic N) is 1. The van der Waals surface area contributed by atoms with Crippen LogP contribution in [0, 0.1) is 13.8 Å². The van der Waals surface area contributed by atoms with Gasteiger partial charge in [0.2, 0.25) is 0 Å². The molecular formula is C21H29ClN4O. The Kier molecular flexibility index (Phi) is 6.04. The third kappa shape index (κ3) is 5.41. The third-order valence-electron chi connectivity index (χ3n) is 4.88. The minimum atomic E-state index is -0.663. The maximum Gasteiger partial charge on any atom is 0.136 e. The van der Waals surface area contributed by atoms with Gasteiger partial charge in [-0.1, -0.05) is 23.7 Å². The summed E-state index contributed by atoms with van der Waals surface area (Å²) in [6.45, 7) is 12.1. The van der Waals surface area contributed by atoms with Gasteiger partial charge in [-0.15, -0.1) is 0 Å². The summed E-state index contributed by atoms with van der Waals surface area (Å²) in [4.78, 5) is 14.1. The zero-order chi connectivity index (χ0) is 19.6. The van der Waals surface area contributed by atoms with Crippen LogP contribution in [0.3, 0.4) is 0 Å². The Labute approximate surface area is 167 Å². The van der Waals surface area contributed by atoms with Gasteiger partial charge in [-0.2, -0.15) is 0 Å². The number of rotatable bonds is 5. The quantitative estimate of drug-likeness (QED) is 0.852. The number of aliphatic hydroxyl groups is 1. The molecule has 0 aliphatic carbocycles. The average molecular weight is 389 g/mol. The van der Waals surface area contributed by atoms with Gasteiger partial charge in [-0.25, -0.2) is 9.97 Å². The molecule has 2 heterocycles. The Morgan fingerprint density at radius 2 is 1.67 bits per heavy atom. The number of nitrogens with zero attached hydrogens (tertiary/aromatic N) is 4. The van der Waals surface area contributed by atoms with Crippen LogP contribution in [0.2, 0.25) is 5.02 Å². The predicted octanol–water partition coefficient (Wildman–Crippen LogP) is 3.23. The van der Waals surface area contributed by atoms with E-state index in [1.807, 2.05) is 32.9 Å². The first-order valence-corrected chi connectivity index (χ1v) is 9.87. The molecule has 0 atom stereocenters. The van der Waals surface area contributed by atoms with Gasteiger partial charge in [-0.05, 0) is 45.4 Å². The average Bonchev–Trinajstić information content (AvgIpc) is 2.58. The molecular weight excluding hydrogens is 360 g/mol. The summed E-state index contributed by atoms with van der Waals surface area (Å²) in [6.07, 6.45) is 0.794. The number of aromatic nitrogens is 2. The van der Waals surface area contributed by atoms with E-state index in [1.54, 1.807) is 0 Å². The zero-order valence-corrected chi connectivity index (χ0v) is 17.4. The van der Waals surface area contributed by atoms with Crippen molar-refractivity contribution in [1.82, 2.24) is 14.9 Å². The van der Waals surface area contributed by atoms with Crippen LogP contribution >= 0.6 is 11.6 Å². The van der Waals surface area contributed by atoms with Crippen molar-refractivity contribution in [3.05, 3.63) is 51.9 Å². The molecule has 1 aliphatic heterocycles. The van der Waals surface area contributed by atoms with Crippen molar-refractivity contribution < 1.29 is 5.11 Å². The van der Waals surface area contributed by atoms with Gasteiger partial charge in [0.15, 0.2) is 0 Å². The lowest BCUT2D eigenvalue weighted by molar-refractivity contribution is 0.0344. The highest BCUT2D eigenvalue weighted by Crippen LogP contribution is 2.26. The topological polar surface area (TPSA) is 52.5 Å². The van der Waals surface area contributed by atoms with Crippen molar-refractivity contribution in [2.75, 3.05) is 37.6 Å². The number of benzene rings is 1. The van der Waals surface area contributed by atoms with E-state index in [0.29, 0.717) is 6.54 Å². The Balaban J connectivity index is 1.80. The molecule has 3 rings (SSSR count). The summed E-state index contributed by atoms with van der Waals surface area (Å²) in [5.41, 5.74) is 2.76. The first kappa shape index (κ1) is 20.1. The van der Waals surface area contributed by atoms with E-state index < -0.39 is 5.60 Å². The summed E-state index contributed by atoms with van der Waals surface area (Å²) < 4.78 is 0. The molecule has 1 aromatic carbocycles. The zero-order valence-electron chi connectivity index (χ0n) is 16.7. The van der Waals surface area contributed by atoms with E-state index >= 15 is 0 Å². The Morgan fingerprint density at radius 3 is 2.26 bits per heavy atom. The summed E-state index contributed by atoms with van der Waals surface area (Å²) in [5, 5.41) is 10.8. The number of aryl methyl sites for hydroxylation is 2. The molecule has 0 saturated carbocycles. The third-order valence-corrected chi connectivity index (χ3v) is 5.13. The molecule has 1 fully saturated rings. The maximum atomic E-state index is 10.1. The smallest absolute Gasteiger partial charge is 0.136 e. The minimum absolute atomic E-state index is 0.663. The molecule has 0 bridgehead atoms. The number of halogens is 1. The SMILES string of the molecule is Cc1nc(C)c(Cc2ccc(Cl)cc2)c(N2CCN(CC(C)(C)O)CC2)n1. The Bertz CT molecular complexity index is 778. The van der Waals surface area contributed by atoms with Crippen LogP contribution in [0.25, 0.3) is 0 Å². The highest BCUT2D eigenvalue weighted by Gasteiger charge is 2.25. The second kappa shape index (κ2) is 8.13. The molecule has 1 N–H and O–H groups in total. The molecule has 1 aliphatic rings. The predicted molar refractivity (Wildman–Crippen MR) is 111 cm³/mol. The second-order valence-electron chi connectivity index (χ2n) is 8.04. The Morgan fingerprint density at radius 1 is 1.04 bits per heavy atom. The van der Waals surface area contributed by atoms with Crippen LogP contribution < -0.4 is 4.90 Å². The van der Waals surface area contributed by atoms with E-state index in [1.165, 1.54) is 11.1 Å². The summed E-state index contributed by atoms with van der Waals surface area (Å²) >= 11 is 6.02. The van der Waals surface area contributed by atoms with Crippen molar-refractivity contribution in [2.45, 2.75) is 39.7 Å². The lowest BCUT2D eigenvalue weighted by Crippen LogP contribution is -2.51. The van der Waals surface area contributed by atoms with Crippen LogP contribution in [0.5, 0.6) is 0 Å². The molecule has 2 aromatic rings. The second-order valence-corrected chi connectivity index (χ2v) is 8.47. The van der Waals surface area contributed by atoms with Crippen LogP contribution in [0.1, 0.15) is 36.5 Å². The molecule has 0 amide bonds. The highest BCUT2D eigenvalue weighted by molar-refractivity contribution is 6.30. The van der Waals surface area contributed by atoms with E-state index in [-0.39, 0.29) is 0 Å². The van der Waals surface area contributed by atoms with Crippen LogP contribution in [0.15, 0.2) is 24.3 Å². The van der Waals surface area contributed by atoms with E-state index in [9.17, 15) is 5.11 Å². The lowest BCUT2D eigenvalue weighted by Gasteiger charge is -2.38. The molecule has 0 radical (unpaired) electrons. The van der Waals surface area contributed by atoms with Crippen molar-refractivity contribution in [2.24, 2.45) is 0 Å². The molecule has 6 heteroatoms. The molecule has 146 valence electrons. The molecule has 1 saturated heterocycles. The van der Waals surface area contributed by atoms with Crippen LogP contribution in [-0.4, -0.2) is 58.3 Å². The minimum Gasteiger partial charge on any atom is -0.389 e. The van der Waals surface area contributed by atoms with Gasteiger partial charge in [0, 0.05) is 55.4 Å². The lowest BCUT2D eigenvalue weighted by atomic mass is 10.0. The Hall–Kier alpha value is -1.69. The molecule has 0 spiro atoms. The molecule has 5 nitrogen and oxygen atoms in total. The standard InChI is InChI=1S/C21H29ClN4O/c1-15-19(13-17-5-7-18(22)8-6-17)20(24-16(2)23-15)26-11-9-25(10-12-26)14-21(3,4)27/h5-8,27H,9-14H2,1-4H3. The monoisotopic (exact) mass is 388 g/mol. The fraction of sp³-hybridized carbons (Fsp3) is 0.524. The normalized spacial score (nSPS) is 16.0. The van der Waals surface area contributed by atoms with Gasteiger partial charge in [-0.3, -0.25) is 4.90 Å². The first-order chi connectivity index (χ1) is 12.7. The van der Waals surface area contributed by atoms with Gasteiger partial charge in [0.1, 0.15) is 11.6 Å². The van der Waals surface area contributed by atoms with Gasteiger partial charge in [0.25, 0.3) is 0 Å². The number of hydrogen-bond donors (Lipinski definition) is 1. The highest BCUT2D eigenvalue weighted by atomic mass is 35.5. The van der Waals surface area contributed by atoms with Crippen LogP contribution in [-0.2, 0) is 6.42 Å². The van der Waals surface area contributed by atoms with Crippen molar-refractivity contribution in [1.29, 1.82) is 0 Å². The fourth-order valence-electron chi connectivity index (χ4n) is 3.66. The van der Waals surface area contributed by atoms with Crippen molar-refractivity contribution in [3.8, 4) is 0 Å². The maximum absolute atomic E-state index is 10.1. The van der Waals surface area contributed by atoms with E-state index in [2.05, 4.69) is 33.8 Å². The summed E-state index contributed by atoms with van der Waals surface area (Å²) in [6, 6.07) is 7.98. The van der Waals surface area contributed by atoms with E-state index in [4.69, 9.17) is 16.6 Å². The molecule has 27 heavy (non-hydrogen) atoms. The number of anilines is 1. The largest absolute Gasteiger partial charge is 0.389 e. The number of hydrogen-bond acceptors (Lipinski definition) is 5. The van der Waals surface area contributed by atoms with Gasteiger partial charge in [0.05, 0.1) is 5.60 Å². The summed E-state index contributed by atoms with van der Waals surface area (Å²) in [5.74, 6) is 1.85. The fourth-order valence-corrected chi connectivity index (χ4v) is 3.78. The molecule has 1 aromatic heterocycles. The first-order valence-electron chi connectivity index (χ1n) is 9.49. The van der Waals surface area contributed by atoms with Gasteiger partial charge >= 0.3 is 0 Å².